The third-order valence-corrected chi connectivity index (χ3v) is 2.14. The van der Waals surface area contributed by atoms with Crippen LogP contribution >= 0.6 is 0 Å². The van der Waals surface area contributed by atoms with E-state index >= 15 is 0 Å². The Morgan fingerprint density at radius 3 is 3.00 bits per heavy atom. The van der Waals surface area contributed by atoms with Crippen LogP contribution in [0.4, 0.5) is 0 Å². The maximum Gasteiger partial charge on any atom is 0.243 e. The molecule has 0 aliphatic heterocycles. The normalized spacial score (nSPS) is 13.0. The Morgan fingerprint density at radius 2 is 2.40 bits per heavy atom. The van der Waals surface area contributed by atoms with E-state index in [0.29, 0.717) is 17.4 Å². The minimum absolute atomic E-state index is 0.199. The molecule has 1 atom stereocenters. The molecule has 80 valence electrons. The van der Waals surface area contributed by atoms with Crippen LogP contribution in [0.5, 0.6) is 0 Å². The van der Waals surface area contributed by atoms with Crippen LogP contribution in [0.1, 0.15) is 25.3 Å². The molecule has 0 bridgehead atoms. The van der Waals surface area contributed by atoms with Crippen molar-refractivity contribution in [2.45, 2.75) is 19.4 Å². The molecule has 2 rings (SSSR count). The van der Waals surface area contributed by atoms with Crippen LogP contribution in [0.25, 0.3) is 11.5 Å². The molecule has 0 aliphatic carbocycles. The van der Waals surface area contributed by atoms with Crippen molar-refractivity contribution in [1.82, 2.24) is 19.9 Å². The van der Waals surface area contributed by atoms with Gasteiger partial charge in [-0.1, -0.05) is 12.1 Å². The first-order valence-electron chi connectivity index (χ1n) is 4.80. The number of hydrogen-bond donors (Lipinski definition) is 1. The molecule has 0 radical (unpaired) electrons. The summed E-state index contributed by atoms with van der Waals surface area (Å²) < 4.78 is 6.73. The van der Waals surface area contributed by atoms with Crippen LogP contribution in [0, 0.1) is 0 Å². The smallest absolute Gasteiger partial charge is 0.243 e. The Balaban J connectivity index is 2.27. The molecule has 1 unspecified atom stereocenters. The van der Waals surface area contributed by atoms with Gasteiger partial charge >= 0.3 is 0 Å². The van der Waals surface area contributed by atoms with Gasteiger partial charge in [0, 0.05) is 13.2 Å². The largest absolute Gasteiger partial charge is 0.337 e. The number of aromatic nitrogens is 4. The van der Waals surface area contributed by atoms with E-state index in [1.165, 1.54) is 0 Å². The fourth-order valence-electron chi connectivity index (χ4n) is 1.20. The SMILES string of the molecule is CCC(N)c1nc(-c2ccn(C)n2)no1. The highest BCUT2D eigenvalue weighted by Gasteiger charge is 2.15. The standard InChI is InChI=1S/C9H13N5O/c1-3-6(10)9-11-8(13-15-9)7-4-5-14(2)12-7/h4-6H,3,10H2,1-2H3. The lowest BCUT2D eigenvalue weighted by atomic mass is 10.2. The number of nitrogens with two attached hydrogens (primary N) is 1. The van der Waals surface area contributed by atoms with E-state index in [4.69, 9.17) is 10.3 Å². The van der Waals surface area contributed by atoms with Gasteiger partial charge < -0.3 is 10.3 Å². The van der Waals surface area contributed by atoms with Crippen LogP contribution in [-0.2, 0) is 7.05 Å². The Morgan fingerprint density at radius 1 is 1.60 bits per heavy atom. The predicted molar refractivity (Wildman–Crippen MR) is 53.7 cm³/mol. The van der Waals surface area contributed by atoms with E-state index in [2.05, 4.69) is 15.2 Å². The Bertz CT molecular complexity index is 447. The number of aryl methyl sites for hydroxylation is 1. The van der Waals surface area contributed by atoms with Gasteiger partial charge in [0.25, 0.3) is 0 Å². The zero-order chi connectivity index (χ0) is 10.8. The second kappa shape index (κ2) is 3.82. The second-order valence-corrected chi connectivity index (χ2v) is 3.35. The lowest BCUT2D eigenvalue weighted by molar-refractivity contribution is 0.352. The molecule has 0 aromatic carbocycles. The molecule has 6 nitrogen and oxygen atoms in total. The first-order chi connectivity index (χ1) is 7.20. The van der Waals surface area contributed by atoms with E-state index in [1.807, 2.05) is 26.2 Å². The third kappa shape index (κ3) is 1.89. The summed E-state index contributed by atoms with van der Waals surface area (Å²) in [6, 6.07) is 1.63. The Hall–Kier alpha value is -1.69. The zero-order valence-electron chi connectivity index (χ0n) is 8.71. The highest BCUT2D eigenvalue weighted by atomic mass is 16.5. The molecule has 6 heteroatoms. The van der Waals surface area contributed by atoms with Crippen LogP contribution in [0.15, 0.2) is 16.8 Å². The molecule has 0 spiro atoms. The third-order valence-electron chi connectivity index (χ3n) is 2.14. The molecular weight excluding hydrogens is 194 g/mol. The van der Waals surface area contributed by atoms with Crippen LogP contribution in [0.2, 0.25) is 0 Å². The molecule has 2 aromatic heterocycles. The van der Waals surface area contributed by atoms with Crippen LogP contribution in [0.3, 0.4) is 0 Å². The molecule has 2 aromatic rings. The summed E-state index contributed by atoms with van der Waals surface area (Å²) in [6.07, 6.45) is 2.59. The van der Waals surface area contributed by atoms with Gasteiger partial charge in [-0.05, 0) is 12.5 Å². The molecule has 2 N–H and O–H groups in total. The fraction of sp³-hybridized carbons (Fsp3) is 0.444. The molecule has 2 heterocycles. The first kappa shape index (κ1) is 9.85. The first-order valence-corrected chi connectivity index (χ1v) is 4.80. The molecule has 0 aliphatic rings. The Labute approximate surface area is 87.1 Å². The van der Waals surface area contributed by atoms with Crippen molar-refractivity contribution < 1.29 is 4.52 Å². The highest BCUT2D eigenvalue weighted by Crippen LogP contribution is 2.16. The average molecular weight is 207 g/mol. The van der Waals surface area contributed by atoms with E-state index in [9.17, 15) is 0 Å². The van der Waals surface area contributed by atoms with Gasteiger partial charge in [-0.25, -0.2) is 0 Å². The lowest BCUT2D eigenvalue weighted by Gasteiger charge is -1.98. The molecule has 0 fully saturated rings. The summed E-state index contributed by atoms with van der Waals surface area (Å²) in [4.78, 5) is 4.19. The zero-order valence-corrected chi connectivity index (χ0v) is 8.71. The molecular formula is C9H13N5O. The average Bonchev–Trinajstić information content (AvgIpc) is 2.84. The summed E-state index contributed by atoms with van der Waals surface area (Å²) in [6.45, 7) is 1.97. The number of nitrogens with zero attached hydrogens (tertiary/aromatic N) is 4. The molecule has 0 saturated heterocycles. The minimum Gasteiger partial charge on any atom is -0.337 e. The number of hydrogen-bond acceptors (Lipinski definition) is 5. The van der Waals surface area contributed by atoms with Crippen molar-refractivity contribution in [1.29, 1.82) is 0 Å². The fourth-order valence-corrected chi connectivity index (χ4v) is 1.20. The summed E-state index contributed by atoms with van der Waals surface area (Å²) in [5, 5.41) is 8.00. The van der Waals surface area contributed by atoms with Crippen molar-refractivity contribution in [2.24, 2.45) is 12.8 Å². The van der Waals surface area contributed by atoms with Crippen LogP contribution in [-0.4, -0.2) is 19.9 Å². The summed E-state index contributed by atoms with van der Waals surface area (Å²) in [7, 11) is 1.84. The van der Waals surface area contributed by atoms with Crippen molar-refractivity contribution in [3.63, 3.8) is 0 Å². The van der Waals surface area contributed by atoms with Crippen molar-refractivity contribution in [3.05, 3.63) is 18.2 Å². The number of rotatable bonds is 3. The maximum atomic E-state index is 5.77. The van der Waals surface area contributed by atoms with Gasteiger partial charge in [-0.15, -0.1) is 0 Å². The van der Waals surface area contributed by atoms with Gasteiger partial charge in [0.05, 0.1) is 6.04 Å². The second-order valence-electron chi connectivity index (χ2n) is 3.35. The van der Waals surface area contributed by atoms with Gasteiger partial charge in [-0.3, -0.25) is 4.68 Å². The van der Waals surface area contributed by atoms with Crippen LogP contribution < -0.4 is 5.73 Å². The Kier molecular flexibility index (Phi) is 2.51. The topological polar surface area (TPSA) is 82.8 Å². The maximum absolute atomic E-state index is 5.77. The van der Waals surface area contributed by atoms with Gasteiger partial charge in [0.1, 0.15) is 5.69 Å². The van der Waals surface area contributed by atoms with E-state index < -0.39 is 0 Å². The molecule has 15 heavy (non-hydrogen) atoms. The van der Waals surface area contributed by atoms with Crippen molar-refractivity contribution in [2.75, 3.05) is 0 Å². The van der Waals surface area contributed by atoms with E-state index in [-0.39, 0.29) is 6.04 Å². The molecule has 0 amide bonds. The molecule has 0 saturated carbocycles. The summed E-state index contributed by atoms with van der Waals surface area (Å²) in [5.41, 5.74) is 6.46. The van der Waals surface area contributed by atoms with Gasteiger partial charge in [0.15, 0.2) is 0 Å². The summed E-state index contributed by atoms with van der Waals surface area (Å²) in [5.74, 6) is 0.938. The van der Waals surface area contributed by atoms with E-state index in [1.54, 1.807) is 4.68 Å². The lowest BCUT2D eigenvalue weighted by Crippen LogP contribution is -2.08. The summed E-state index contributed by atoms with van der Waals surface area (Å²) >= 11 is 0. The van der Waals surface area contributed by atoms with Crippen molar-refractivity contribution >= 4 is 0 Å². The van der Waals surface area contributed by atoms with Gasteiger partial charge in [0.2, 0.25) is 11.7 Å². The van der Waals surface area contributed by atoms with Gasteiger partial charge in [-0.2, -0.15) is 10.1 Å². The minimum atomic E-state index is -0.199. The quantitative estimate of drug-likeness (QED) is 0.807. The predicted octanol–water partition coefficient (Wildman–Crippen LogP) is 0.880. The van der Waals surface area contributed by atoms with E-state index in [0.717, 1.165) is 6.42 Å². The monoisotopic (exact) mass is 207 g/mol. The highest BCUT2D eigenvalue weighted by molar-refractivity contribution is 5.46. The van der Waals surface area contributed by atoms with Crippen molar-refractivity contribution in [3.8, 4) is 11.5 Å².